The van der Waals surface area contributed by atoms with Crippen molar-refractivity contribution in [1.29, 1.82) is 4.78 Å². The molecule has 0 amide bonds. The molecule has 1 aromatic carbocycles. The van der Waals surface area contributed by atoms with E-state index in [0.29, 0.717) is 0 Å². The van der Waals surface area contributed by atoms with Gasteiger partial charge in [-0.05, 0) is 33.1 Å². The Kier molecular flexibility index (Phi) is 6.77. The lowest BCUT2D eigenvalue weighted by molar-refractivity contribution is -0.140. The summed E-state index contributed by atoms with van der Waals surface area (Å²) in [6.45, 7) is 6.38. The zero-order valence-corrected chi connectivity index (χ0v) is 14.8. The number of pyridine rings is 1. The average molecular weight is 363 g/mol. The normalized spacial score (nSPS) is 12.3. The zero-order valence-electron chi connectivity index (χ0n) is 13.3. The van der Waals surface area contributed by atoms with Crippen molar-refractivity contribution in [3.8, 4) is 0 Å². The molecule has 0 aliphatic rings. The molecule has 0 saturated carbocycles. The van der Waals surface area contributed by atoms with E-state index in [0.717, 1.165) is 12.3 Å². The number of nitrogens with zero attached hydrogens (tertiary/aromatic N) is 1. The van der Waals surface area contributed by atoms with Crippen molar-refractivity contribution < 1.29 is 13.2 Å². The predicted molar refractivity (Wildman–Crippen MR) is 89.2 cm³/mol. The minimum absolute atomic E-state index is 0.0773. The molecular weight excluding hydrogens is 345 g/mol. The van der Waals surface area contributed by atoms with Gasteiger partial charge in [-0.2, -0.15) is 13.2 Å². The summed E-state index contributed by atoms with van der Waals surface area (Å²) in [5, 5.41) is -0.353. The zero-order chi connectivity index (χ0) is 17.8. The summed E-state index contributed by atoms with van der Waals surface area (Å²) in [5.41, 5.74) is 3.14. The Balaban J connectivity index is 0.000000253. The summed E-state index contributed by atoms with van der Waals surface area (Å²) < 4.78 is 44.5. The standard InChI is InChI=1S/C9H12.C7H6ClF3N2S/c1-7-4-8(2)6-9(3)5-7;1-14(12)6-5(7(9,10)11)2-4(8)3-13-6/h4-6H,1-3H3;2-3,12H,1H3. The molecule has 0 aliphatic carbocycles. The van der Waals surface area contributed by atoms with Crippen LogP contribution in [0.2, 0.25) is 5.02 Å². The maximum atomic E-state index is 12.4. The van der Waals surface area contributed by atoms with E-state index in [1.54, 1.807) is 0 Å². The van der Waals surface area contributed by atoms with Gasteiger partial charge in [-0.15, -0.1) is 0 Å². The topological polar surface area (TPSA) is 36.7 Å². The van der Waals surface area contributed by atoms with Gasteiger partial charge in [0.2, 0.25) is 0 Å². The van der Waals surface area contributed by atoms with Crippen LogP contribution in [0.25, 0.3) is 0 Å². The first-order valence-electron chi connectivity index (χ1n) is 6.65. The van der Waals surface area contributed by atoms with Crippen LogP contribution in [0.5, 0.6) is 0 Å². The number of halogens is 4. The van der Waals surface area contributed by atoms with Crippen LogP contribution < -0.4 is 0 Å². The Morgan fingerprint density at radius 3 is 1.78 bits per heavy atom. The molecule has 1 N–H and O–H groups in total. The molecule has 2 aromatic rings. The highest BCUT2D eigenvalue weighted by atomic mass is 35.5. The Hall–Kier alpha value is -1.40. The van der Waals surface area contributed by atoms with Crippen LogP contribution >= 0.6 is 11.6 Å². The minimum atomic E-state index is -4.50. The van der Waals surface area contributed by atoms with Gasteiger partial charge in [-0.3, -0.25) is 4.78 Å². The molecule has 1 unspecified atom stereocenters. The summed E-state index contributed by atoms with van der Waals surface area (Å²) in [7, 11) is -1.29. The van der Waals surface area contributed by atoms with Crippen LogP contribution in [-0.4, -0.2) is 11.2 Å². The fourth-order valence-corrected chi connectivity index (χ4v) is 2.95. The second kappa shape index (κ2) is 7.93. The summed E-state index contributed by atoms with van der Waals surface area (Å²) in [4.78, 5) is 3.52. The molecule has 23 heavy (non-hydrogen) atoms. The van der Waals surface area contributed by atoms with Crippen molar-refractivity contribution in [2.45, 2.75) is 32.0 Å². The van der Waals surface area contributed by atoms with Crippen LogP contribution in [0.15, 0.2) is 35.5 Å². The monoisotopic (exact) mass is 362 g/mol. The fraction of sp³-hybridized carbons (Fsp3) is 0.312. The van der Waals surface area contributed by atoms with Crippen LogP contribution in [-0.2, 0) is 16.9 Å². The molecule has 1 atom stereocenters. The maximum absolute atomic E-state index is 12.4. The van der Waals surface area contributed by atoms with Crippen molar-refractivity contribution >= 4 is 22.3 Å². The van der Waals surface area contributed by atoms with Gasteiger partial charge in [0.15, 0.2) is 0 Å². The Morgan fingerprint density at radius 2 is 1.43 bits per heavy atom. The lowest BCUT2D eigenvalue weighted by Gasteiger charge is -2.11. The predicted octanol–water partition coefficient (Wildman–Crippen LogP) is 5.74. The number of aryl methyl sites for hydroxylation is 3. The highest BCUT2D eigenvalue weighted by Crippen LogP contribution is 2.33. The number of nitrogens with one attached hydrogen (secondary N) is 1. The van der Waals surface area contributed by atoms with Crippen molar-refractivity contribution in [2.75, 3.05) is 6.26 Å². The van der Waals surface area contributed by atoms with E-state index < -0.39 is 22.4 Å². The van der Waals surface area contributed by atoms with E-state index in [4.69, 9.17) is 16.4 Å². The molecule has 126 valence electrons. The molecule has 1 heterocycles. The van der Waals surface area contributed by atoms with Crippen molar-refractivity contribution in [3.05, 3.63) is 57.7 Å². The molecule has 2 rings (SSSR count). The lowest BCUT2D eigenvalue weighted by Crippen LogP contribution is -2.10. The Bertz CT molecular complexity index is 664. The van der Waals surface area contributed by atoms with Crippen LogP contribution in [0.4, 0.5) is 13.2 Å². The number of rotatable bonds is 1. The van der Waals surface area contributed by atoms with Crippen molar-refractivity contribution in [1.82, 2.24) is 4.98 Å². The van der Waals surface area contributed by atoms with Gasteiger partial charge in [0.1, 0.15) is 5.03 Å². The molecule has 0 spiro atoms. The van der Waals surface area contributed by atoms with E-state index in [1.165, 1.54) is 22.9 Å². The average Bonchev–Trinajstić information content (AvgIpc) is 2.36. The number of hydrogen-bond donors (Lipinski definition) is 1. The molecule has 7 heteroatoms. The molecular formula is C16H18ClF3N2S. The lowest BCUT2D eigenvalue weighted by atomic mass is 10.1. The van der Waals surface area contributed by atoms with E-state index in [1.807, 2.05) is 0 Å². The van der Waals surface area contributed by atoms with Crippen LogP contribution in [0, 0.1) is 25.6 Å². The first-order valence-corrected chi connectivity index (χ1v) is 8.66. The van der Waals surface area contributed by atoms with Crippen molar-refractivity contribution in [3.63, 3.8) is 0 Å². The van der Waals surface area contributed by atoms with E-state index >= 15 is 0 Å². The van der Waals surface area contributed by atoms with Gasteiger partial charge in [0, 0.05) is 6.20 Å². The summed E-state index contributed by atoms with van der Waals surface area (Å²) in [6, 6.07) is 7.36. The number of benzene rings is 1. The van der Waals surface area contributed by atoms with Crippen molar-refractivity contribution in [2.24, 2.45) is 0 Å². The quantitative estimate of drug-likeness (QED) is 0.690. The maximum Gasteiger partial charge on any atom is 0.419 e. The fourth-order valence-electron chi connectivity index (χ4n) is 2.08. The summed E-state index contributed by atoms with van der Waals surface area (Å²) in [5.74, 6) is 0. The minimum Gasteiger partial charge on any atom is -0.274 e. The van der Waals surface area contributed by atoms with Gasteiger partial charge in [0.25, 0.3) is 0 Å². The molecule has 0 fully saturated rings. The Labute approximate surface area is 141 Å². The Morgan fingerprint density at radius 1 is 1.00 bits per heavy atom. The van der Waals surface area contributed by atoms with Gasteiger partial charge in [-0.25, -0.2) is 4.98 Å². The SMILES string of the molecule is CS(=N)c1ncc(Cl)cc1C(F)(F)F.Cc1cc(C)cc(C)c1. The third kappa shape index (κ3) is 6.31. The molecule has 0 bridgehead atoms. The molecule has 0 saturated heterocycles. The summed E-state index contributed by atoms with van der Waals surface area (Å²) in [6.07, 6.45) is -2.04. The van der Waals surface area contributed by atoms with Gasteiger partial charge in [-0.1, -0.05) is 57.2 Å². The number of alkyl halides is 3. The molecule has 0 aliphatic heterocycles. The van der Waals surface area contributed by atoms with Crippen LogP contribution in [0.3, 0.4) is 0 Å². The first kappa shape index (κ1) is 19.6. The second-order valence-electron chi connectivity index (χ2n) is 5.18. The first-order chi connectivity index (χ1) is 10.5. The molecule has 2 nitrogen and oxygen atoms in total. The highest BCUT2D eigenvalue weighted by molar-refractivity contribution is 7.85. The third-order valence-electron chi connectivity index (χ3n) is 2.78. The van der Waals surface area contributed by atoms with Gasteiger partial charge < -0.3 is 0 Å². The third-order valence-corrected chi connectivity index (χ3v) is 3.89. The van der Waals surface area contributed by atoms with E-state index in [-0.39, 0.29) is 10.0 Å². The smallest absolute Gasteiger partial charge is 0.274 e. The van der Waals surface area contributed by atoms with Gasteiger partial charge in [0.05, 0.1) is 10.6 Å². The molecule has 1 aromatic heterocycles. The second-order valence-corrected chi connectivity index (χ2v) is 7.02. The highest BCUT2D eigenvalue weighted by Gasteiger charge is 2.34. The summed E-state index contributed by atoms with van der Waals surface area (Å²) >= 11 is 5.41. The molecule has 0 radical (unpaired) electrons. The number of hydrogen-bond acceptors (Lipinski definition) is 2. The van der Waals surface area contributed by atoms with E-state index in [2.05, 4.69) is 44.0 Å². The van der Waals surface area contributed by atoms with Crippen LogP contribution in [0.1, 0.15) is 22.3 Å². The van der Waals surface area contributed by atoms with E-state index in [9.17, 15) is 13.2 Å². The largest absolute Gasteiger partial charge is 0.419 e. The number of aromatic nitrogens is 1. The van der Waals surface area contributed by atoms with Gasteiger partial charge >= 0.3 is 6.18 Å².